The Hall–Kier alpha value is -3.06. The van der Waals surface area contributed by atoms with Crippen molar-refractivity contribution in [3.63, 3.8) is 0 Å². The zero-order valence-corrected chi connectivity index (χ0v) is 16.4. The second-order valence-electron chi connectivity index (χ2n) is 6.35. The summed E-state index contributed by atoms with van der Waals surface area (Å²) in [5.41, 5.74) is 8.90. The van der Waals surface area contributed by atoms with Crippen molar-refractivity contribution < 1.29 is 0 Å². The van der Waals surface area contributed by atoms with Gasteiger partial charge in [0, 0.05) is 30.3 Å². The molecule has 0 aliphatic carbocycles. The molecule has 0 unspecified atom stereocenters. The highest BCUT2D eigenvalue weighted by Crippen LogP contribution is 2.36. The Morgan fingerprint density at radius 1 is 0.926 bits per heavy atom. The Balaban J connectivity index is 2.28. The van der Waals surface area contributed by atoms with Crippen LogP contribution in [0.1, 0.15) is 0 Å². The highest BCUT2D eigenvalue weighted by molar-refractivity contribution is 9.10. The molecule has 0 aliphatic rings. The lowest BCUT2D eigenvalue weighted by atomic mass is 10.1. The molecule has 0 atom stereocenters. The fourth-order valence-corrected chi connectivity index (χ4v) is 3.83. The van der Waals surface area contributed by atoms with Crippen LogP contribution in [0.15, 0.2) is 68.8 Å². The predicted octanol–water partition coefficient (Wildman–Crippen LogP) is 3.04. The smallest absolute Gasteiger partial charge is 0.330 e. The highest BCUT2D eigenvalue weighted by Gasteiger charge is 2.22. The first-order chi connectivity index (χ1) is 12.9. The first-order valence-electron chi connectivity index (χ1n) is 8.32. The van der Waals surface area contributed by atoms with Gasteiger partial charge < -0.3 is 10.3 Å². The van der Waals surface area contributed by atoms with E-state index in [1.807, 2.05) is 47.0 Å². The van der Waals surface area contributed by atoms with Crippen LogP contribution in [0.3, 0.4) is 0 Å². The molecular formula is C20H17BrN4O2. The molecule has 4 rings (SSSR count). The molecule has 2 heterocycles. The number of nitrogens with zero attached hydrogens (tertiary/aromatic N) is 3. The summed E-state index contributed by atoms with van der Waals surface area (Å²) in [5.74, 6) is 0. The molecule has 2 aromatic heterocycles. The van der Waals surface area contributed by atoms with Crippen molar-refractivity contribution in [1.29, 1.82) is 0 Å². The summed E-state index contributed by atoms with van der Waals surface area (Å²) in [6, 6.07) is 15.1. The van der Waals surface area contributed by atoms with Crippen molar-refractivity contribution in [2.75, 3.05) is 5.73 Å². The van der Waals surface area contributed by atoms with Crippen LogP contribution in [-0.4, -0.2) is 13.7 Å². The lowest BCUT2D eigenvalue weighted by Crippen LogP contribution is -2.36. The predicted molar refractivity (Wildman–Crippen MR) is 111 cm³/mol. The number of rotatable bonds is 2. The molecule has 4 aromatic rings. The summed E-state index contributed by atoms with van der Waals surface area (Å²) in [6.45, 7) is 0. The Morgan fingerprint density at radius 2 is 1.59 bits per heavy atom. The van der Waals surface area contributed by atoms with Gasteiger partial charge in [-0.2, -0.15) is 0 Å². The van der Waals surface area contributed by atoms with Crippen molar-refractivity contribution in [2.24, 2.45) is 14.1 Å². The number of aryl methyl sites for hydroxylation is 1. The lowest BCUT2D eigenvalue weighted by molar-refractivity contribution is 0.714. The van der Waals surface area contributed by atoms with E-state index >= 15 is 0 Å². The molecule has 2 N–H and O–H groups in total. The maximum Gasteiger partial charge on any atom is 0.330 e. The van der Waals surface area contributed by atoms with Gasteiger partial charge in [0.15, 0.2) is 0 Å². The summed E-state index contributed by atoms with van der Waals surface area (Å²) >= 11 is 3.58. The first-order valence-corrected chi connectivity index (χ1v) is 9.12. The van der Waals surface area contributed by atoms with Gasteiger partial charge in [-0.25, -0.2) is 4.79 Å². The number of nitrogens with two attached hydrogens (primary N) is 1. The van der Waals surface area contributed by atoms with Crippen molar-refractivity contribution >= 4 is 32.5 Å². The Bertz CT molecular complexity index is 1310. The van der Waals surface area contributed by atoms with E-state index in [0.717, 1.165) is 20.3 Å². The quantitative estimate of drug-likeness (QED) is 0.502. The Labute approximate surface area is 163 Å². The minimum atomic E-state index is -0.371. The summed E-state index contributed by atoms with van der Waals surface area (Å²) in [6.07, 6.45) is 1.79. The number of nitrogen functional groups attached to an aromatic ring is 1. The van der Waals surface area contributed by atoms with Gasteiger partial charge in [0.25, 0.3) is 5.56 Å². The fraction of sp³-hybridized carbons (Fsp3) is 0.100. The van der Waals surface area contributed by atoms with Crippen LogP contribution in [0.4, 0.5) is 5.69 Å². The molecule has 7 heteroatoms. The van der Waals surface area contributed by atoms with Crippen LogP contribution in [0.25, 0.3) is 27.8 Å². The van der Waals surface area contributed by atoms with Gasteiger partial charge in [-0.05, 0) is 18.2 Å². The van der Waals surface area contributed by atoms with E-state index in [1.165, 1.54) is 11.6 Å². The van der Waals surface area contributed by atoms with E-state index in [2.05, 4.69) is 15.9 Å². The maximum absolute atomic E-state index is 13.0. The SMILES string of the molecule is Cn1c(=O)c2c(-c3ccccc3Br)n(-c3ccccc3N)cc2n(C)c1=O. The third-order valence-electron chi connectivity index (χ3n) is 4.76. The van der Waals surface area contributed by atoms with Gasteiger partial charge in [-0.3, -0.25) is 13.9 Å². The van der Waals surface area contributed by atoms with Gasteiger partial charge >= 0.3 is 5.69 Å². The zero-order valence-electron chi connectivity index (χ0n) is 14.8. The van der Waals surface area contributed by atoms with Crippen molar-refractivity contribution in [3.05, 3.63) is 80.0 Å². The number of hydrogen-bond donors (Lipinski definition) is 1. The summed E-state index contributed by atoms with van der Waals surface area (Å²) < 4.78 is 5.33. The number of aromatic nitrogens is 3. The molecule has 0 fully saturated rings. The molecule has 0 radical (unpaired) electrons. The monoisotopic (exact) mass is 424 g/mol. The summed E-state index contributed by atoms with van der Waals surface area (Å²) in [7, 11) is 3.15. The standard InChI is InChI=1S/C20H17BrN4O2/c1-23-16-11-25(15-10-6-5-9-14(15)22)18(12-7-3-4-8-13(12)21)17(16)19(26)24(2)20(23)27/h3-11H,22H2,1-2H3. The van der Waals surface area contributed by atoms with Crippen LogP contribution in [0.2, 0.25) is 0 Å². The van der Waals surface area contributed by atoms with Crippen LogP contribution >= 0.6 is 15.9 Å². The molecule has 0 spiro atoms. The molecular weight excluding hydrogens is 408 g/mol. The number of halogens is 1. The average Bonchev–Trinajstić information content (AvgIpc) is 3.05. The van der Waals surface area contributed by atoms with E-state index in [4.69, 9.17) is 5.73 Å². The van der Waals surface area contributed by atoms with Crippen molar-refractivity contribution in [1.82, 2.24) is 13.7 Å². The normalized spacial score (nSPS) is 11.2. The molecule has 27 heavy (non-hydrogen) atoms. The Kier molecular flexibility index (Phi) is 4.04. The number of benzene rings is 2. The third kappa shape index (κ3) is 2.54. The van der Waals surface area contributed by atoms with Crippen molar-refractivity contribution in [2.45, 2.75) is 0 Å². The second kappa shape index (κ2) is 6.28. The van der Waals surface area contributed by atoms with E-state index in [9.17, 15) is 9.59 Å². The Morgan fingerprint density at radius 3 is 2.30 bits per heavy atom. The second-order valence-corrected chi connectivity index (χ2v) is 7.21. The van der Waals surface area contributed by atoms with E-state index in [0.29, 0.717) is 22.3 Å². The average molecular weight is 425 g/mol. The molecule has 0 saturated heterocycles. The fourth-order valence-electron chi connectivity index (χ4n) is 3.36. The van der Waals surface area contributed by atoms with Gasteiger partial charge in [0.05, 0.1) is 28.0 Å². The van der Waals surface area contributed by atoms with Crippen LogP contribution < -0.4 is 17.0 Å². The highest BCUT2D eigenvalue weighted by atomic mass is 79.9. The van der Waals surface area contributed by atoms with Crippen LogP contribution in [0.5, 0.6) is 0 Å². The number of fused-ring (bicyclic) bond motifs is 1. The van der Waals surface area contributed by atoms with Gasteiger partial charge in [-0.15, -0.1) is 0 Å². The lowest BCUT2D eigenvalue weighted by Gasteiger charge is -2.13. The minimum Gasteiger partial charge on any atom is -0.397 e. The molecule has 136 valence electrons. The summed E-state index contributed by atoms with van der Waals surface area (Å²) in [5, 5.41) is 0.467. The molecule has 2 aromatic carbocycles. The maximum atomic E-state index is 13.0. The van der Waals surface area contributed by atoms with Crippen LogP contribution in [0, 0.1) is 0 Å². The van der Waals surface area contributed by atoms with E-state index in [-0.39, 0.29) is 11.2 Å². The van der Waals surface area contributed by atoms with Crippen LogP contribution in [-0.2, 0) is 14.1 Å². The number of hydrogen-bond acceptors (Lipinski definition) is 3. The third-order valence-corrected chi connectivity index (χ3v) is 5.46. The molecule has 0 amide bonds. The summed E-state index contributed by atoms with van der Waals surface area (Å²) in [4.78, 5) is 25.4. The van der Waals surface area contributed by atoms with E-state index < -0.39 is 0 Å². The topological polar surface area (TPSA) is 75.0 Å². The number of para-hydroxylation sites is 2. The van der Waals surface area contributed by atoms with Gasteiger partial charge in [0.1, 0.15) is 0 Å². The molecule has 0 bridgehead atoms. The van der Waals surface area contributed by atoms with Gasteiger partial charge in [-0.1, -0.05) is 46.3 Å². The zero-order chi connectivity index (χ0) is 19.3. The number of anilines is 1. The molecule has 0 aliphatic heterocycles. The van der Waals surface area contributed by atoms with Crippen molar-refractivity contribution in [3.8, 4) is 16.9 Å². The first kappa shape index (κ1) is 17.4. The van der Waals surface area contributed by atoms with E-state index in [1.54, 1.807) is 19.3 Å². The molecule has 6 nitrogen and oxygen atoms in total. The molecule has 0 saturated carbocycles. The largest absolute Gasteiger partial charge is 0.397 e. The minimum absolute atomic E-state index is 0.341. The van der Waals surface area contributed by atoms with Gasteiger partial charge in [0.2, 0.25) is 0 Å².